The highest BCUT2D eigenvalue weighted by Crippen LogP contribution is 2.29. The molecule has 0 spiro atoms. The molecule has 4 aromatic rings. The SMILES string of the molecule is Cc1ccc(-c2cnc(CC(=O)Cc3ccc(OCc4ccccc4)cc3)c(CC3CCCC3)n2)cc1. The first kappa shape index (κ1) is 24.9. The van der Waals surface area contributed by atoms with Gasteiger partial charge in [0, 0.05) is 12.0 Å². The first-order valence-corrected chi connectivity index (χ1v) is 13.3. The second-order valence-corrected chi connectivity index (χ2v) is 10.2. The molecule has 1 aliphatic rings. The molecule has 0 bridgehead atoms. The number of carbonyl (C=O) groups excluding carboxylic acids is 1. The van der Waals surface area contributed by atoms with Crippen LogP contribution in [0.25, 0.3) is 11.3 Å². The molecule has 4 nitrogen and oxygen atoms in total. The highest BCUT2D eigenvalue weighted by molar-refractivity contribution is 5.83. The Balaban J connectivity index is 1.25. The van der Waals surface area contributed by atoms with E-state index < -0.39 is 0 Å². The van der Waals surface area contributed by atoms with Gasteiger partial charge in [0.1, 0.15) is 18.1 Å². The number of carbonyl (C=O) groups is 1. The van der Waals surface area contributed by atoms with Crippen molar-refractivity contribution in [3.8, 4) is 17.0 Å². The predicted molar refractivity (Wildman–Crippen MR) is 147 cm³/mol. The summed E-state index contributed by atoms with van der Waals surface area (Å²) in [6.07, 6.45) is 8.47. The molecule has 3 aromatic carbocycles. The molecule has 1 saturated carbocycles. The third-order valence-corrected chi connectivity index (χ3v) is 7.17. The van der Waals surface area contributed by atoms with Gasteiger partial charge < -0.3 is 4.74 Å². The summed E-state index contributed by atoms with van der Waals surface area (Å²) in [5.41, 5.74) is 7.11. The van der Waals surface area contributed by atoms with E-state index in [0.29, 0.717) is 25.4 Å². The monoisotopic (exact) mass is 490 g/mol. The Morgan fingerprint density at radius 1 is 0.838 bits per heavy atom. The van der Waals surface area contributed by atoms with Crippen LogP contribution in [-0.4, -0.2) is 15.8 Å². The fourth-order valence-electron chi connectivity index (χ4n) is 5.04. The number of ether oxygens (including phenoxy) is 1. The molecule has 5 rings (SSSR count). The number of aromatic nitrogens is 2. The van der Waals surface area contributed by atoms with E-state index in [4.69, 9.17) is 14.7 Å². The molecule has 0 unspecified atom stereocenters. The lowest BCUT2D eigenvalue weighted by Crippen LogP contribution is -2.13. The minimum absolute atomic E-state index is 0.156. The molecule has 0 atom stereocenters. The van der Waals surface area contributed by atoms with Gasteiger partial charge in [-0.3, -0.25) is 9.78 Å². The van der Waals surface area contributed by atoms with Crippen molar-refractivity contribution in [1.82, 2.24) is 9.97 Å². The average molecular weight is 491 g/mol. The molecule has 1 heterocycles. The van der Waals surface area contributed by atoms with Crippen LogP contribution in [0, 0.1) is 12.8 Å². The van der Waals surface area contributed by atoms with Crippen molar-refractivity contribution in [2.24, 2.45) is 5.92 Å². The highest BCUT2D eigenvalue weighted by atomic mass is 16.5. The topological polar surface area (TPSA) is 52.1 Å². The summed E-state index contributed by atoms with van der Waals surface area (Å²) in [5.74, 6) is 1.60. The summed E-state index contributed by atoms with van der Waals surface area (Å²) < 4.78 is 5.88. The van der Waals surface area contributed by atoms with Gasteiger partial charge in [0.2, 0.25) is 0 Å². The zero-order chi connectivity index (χ0) is 25.5. The maximum Gasteiger partial charge on any atom is 0.143 e. The van der Waals surface area contributed by atoms with Gasteiger partial charge >= 0.3 is 0 Å². The lowest BCUT2D eigenvalue weighted by molar-refractivity contribution is -0.117. The van der Waals surface area contributed by atoms with Crippen molar-refractivity contribution in [1.29, 1.82) is 0 Å². The smallest absolute Gasteiger partial charge is 0.143 e. The molecule has 4 heteroatoms. The second-order valence-electron chi connectivity index (χ2n) is 10.2. The fourth-order valence-corrected chi connectivity index (χ4v) is 5.04. The average Bonchev–Trinajstić information content (AvgIpc) is 3.43. The van der Waals surface area contributed by atoms with E-state index in [2.05, 4.69) is 31.2 Å². The van der Waals surface area contributed by atoms with Crippen molar-refractivity contribution < 1.29 is 9.53 Å². The predicted octanol–water partition coefficient (Wildman–Crippen LogP) is 7.12. The van der Waals surface area contributed by atoms with Crippen molar-refractivity contribution >= 4 is 5.78 Å². The van der Waals surface area contributed by atoms with Crippen LogP contribution in [0.3, 0.4) is 0 Å². The Hall–Kier alpha value is -3.79. The Morgan fingerprint density at radius 2 is 1.57 bits per heavy atom. The van der Waals surface area contributed by atoms with Crippen LogP contribution in [0.2, 0.25) is 0 Å². The van der Waals surface area contributed by atoms with Gasteiger partial charge in [-0.25, -0.2) is 4.98 Å². The van der Waals surface area contributed by atoms with E-state index in [9.17, 15) is 4.79 Å². The summed E-state index contributed by atoms with van der Waals surface area (Å²) in [6.45, 7) is 2.61. The maximum absolute atomic E-state index is 13.1. The van der Waals surface area contributed by atoms with Crippen molar-refractivity contribution in [3.05, 3.63) is 113 Å². The Morgan fingerprint density at radius 3 is 2.30 bits per heavy atom. The third-order valence-electron chi connectivity index (χ3n) is 7.17. The number of benzene rings is 3. The van der Waals surface area contributed by atoms with E-state index in [1.165, 1.54) is 31.2 Å². The molecule has 0 N–H and O–H groups in total. The number of Topliss-reactive ketones (excluding diaryl/α,β-unsaturated/α-hetero) is 1. The summed E-state index contributed by atoms with van der Waals surface area (Å²) in [4.78, 5) is 22.8. The van der Waals surface area contributed by atoms with Crippen LogP contribution in [-0.2, 0) is 30.7 Å². The molecule has 1 fully saturated rings. The summed E-state index contributed by atoms with van der Waals surface area (Å²) in [7, 11) is 0. The van der Waals surface area contributed by atoms with Crippen LogP contribution in [0.5, 0.6) is 5.75 Å². The normalized spacial score (nSPS) is 13.5. The molecule has 0 amide bonds. The number of hydrogen-bond acceptors (Lipinski definition) is 4. The lowest BCUT2D eigenvalue weighted by Gasteiger charge is -2.14. The van der Waals surface area contributed by atoms with Crippen molar-refractivity contribution in [3.63, 3.8) is 0 Å². The summed E-state index contributed by atoms with van der Waals surface area (Å²) in [6, 6.07) is 26.3. The minimum atomic E-state index is 0.156. The Bertz CT molecular complexity index is 1310. The Labute approximate surface area is 219 Å². The summed E-state index contributed by atoms with van der Waals surface area (Å²) in [5, 5.41) is 0. The quantitative estimate of drug-likeness (QED) is 0.237. The molecule has 188 valence electrons. The van der Waals surface area contributed by atoms with Crippen LogP contribution in [0.15, 0.2) is 85.1 Å². The first-order chi connectivity index (χ1) is 18.1. The molecule has 0 radical (unpaired) electrons. The van der Waals surface area contributed by atoms with Gasteiger partial charge in [-0.05, 0) is 42.5 Å². The van der Waals surface area contributed by atoms with Crippen LogP contribution < -0.4 is 4.74 Å². The fraction of sp³-hybridized carbons (Fsp3) is 0.303. The Kier molecular flexibility index (Phi) is 8.05. The molecule has 1 aromatic heterocycles. The van der Waals surface area contributed by atoms with Crippen molar-refractivity contribution in [2.45, 2.75) is 58.5 Å². The standard InChI is InChI=1S/C33H34N2O2/c1-24-11-15-28(16-12-24)33-22-34-31(32(35-33)20-25-7-5-6-8-25)21-29(36)19-26-13-17-30(18-14-26)37-23-27-9-3-2-4-10-27/h2-4,9-18,22,25H,5-8,19-21,23H2,1H3. The largest absolute Gasteiger partial charge is 0.489 e. The zero-order valence-electron chi connectivity index (χ0n) is 21.5. The molecular weight excluding hydrogens is 456 g/mol. The molecule has 0 aliphatic heterocycles. The van der Waals surface area contributed by atoms with Crippen LogP contribution >= 0.6 is 0 Å². The van der Waals surface area contributed by atoms with E-state index in [1.54, 1.807) is 0 Å². The van der Waals surface area contributed by atoms with Gasteiger partial charge in [0.05, 0.1) is 29.7 Å². The first-order valence-electron chi connectivity index (χ1n) is 13.3. The number of ketones is 1. The van der Waals surface area contributed by atoms with Crippen molar-refractivity contribution in [2.75, 3.05) is 0 Å². The lowest BCUT2D eigenvalue weighted by atomic mass is 9.97. The minimum Gasteiger partial charge on any atom is -0.489 e. The summed E-state index contributed by atoms with van der Waals surface area (Å²) >= 11 is 0. The van der Waals surface area contributed by atoms with Crippen LogP contribution in [0.1, 0.15) is 53.8 Å². The van der Waals surface area contributed by atoms with E-state index >= 15 is 0 Å². The van der Waals surface area contributed by atoms with Gasteiger partial charge in [-0.2, -0.15) is 0 Å². The third kappa shape index (κ3) is 6.91. The number of nitrogens with zero attached hydrogens (tertiary/aromatic N) is 2. The van der Waals surface area contributed by atoms with E-state index in [1.807, 2.05) is 60.8 Å². The zero-order valence-corrected chi connectivity index (χ0v) is 21.5. The van der Waals surface area contributed by atoms with Gasteiger partial charge in [-0.1, -0.05) is 98.0 Å². The van der Waals surface area contributed by atoms with E-state index in [0.717, 1.165) is 45.9 Å². The van der Waals surface area contributed by atoms with Gasteiger partial charge in [-0.15, -0.1) is 0 Å². The molecule has 1 aliphatic carbocycles. The van der Waals surface area contributed by atoms with Gasteiger partial charge in [0.15, 0.2) is 0 Å². The molecular formula is C33H34N2O2. The molecule has 37 heavy (non-hydrogen) atoms. The number of rotatable bonds is 10. The van der Waals surface area contributed by atoms with Crippen LogP contribution in [0.4, 0.5) is 0 Å². The van der Waals surface area contributed by atoms with E-state index in [-0.39, 0.29) is 5.78 Å². The van der Waals surface area contributed by atoms with Gasteiger partial charge in [0.25, 0.3) is 0 Å². The number of aryl methyl sites for hydroxylation is 1. The number of hydrogen-bond donors (Lipinski definition) is 0. The maximum atomic E-state index is 13.1. The highest BCUT2D eigenvalue weighted by Gasteiger charge is 2.20. The second kappa shape index (κ2) is 12.0. The molecule has 0 saturated heterocycles.